The van der Waals surface area contributed by atoms with Crippen molar-refractivity contribution in [2.75, 3.05) is 18.4 Å². The van der Waals surface area contributed by atoms with Crippen LogP contribution in [0.25, 0.3) is 5.82 Å². The number of aromatic nitrogens is 3. The van der Waals surface area contributed by atoms with Crippen LogP contribution in [0.1, 0.15) is 62.7 Å². The van der Waals surface area contributed by atoms with Gasteiger partial charge in [0.1, 0.15) is 11.6 Å². The summed E-state index contributed by atoms with van der Waals surface area (Å²) in [5, 5.41) is 4.36. The van der Waals surface area contributed by atoms with Gasteiger partial charge in [-0.25, -0.2) is 14.4 Å². The summed E-state index contributed by atoms with van der Waals surface area (Å²) in [6.07, 6.45) is 5.64. The number of benzene rings is 1. The maximum atomic E-state index is 14.4. The number of likely N-dealkylation sites (tertiary alicyclic amines) is 1. The lowest BCUT2D eigenvalue weighted by molar-refractivity contribution is 0.127. The van der Waals surface area contributed by atoms with E-state index < -0.39 is 0 Å². The third kappa shape index (κ3) is 3.33. The number of nitrogens with zero attached hydrogens (tertiary/aromatic N) is 4. The van der Waals surface area contributed by atoms with Crippen LogP contribution in [0, 0.1) is 5.82 Å². The Kier molecular flexibility index (Phi) is 5.02. The van der Waals surface area contributed by atoms with Crippen molar-refractivity contribution in [1.82, 2.24) is 19.4 Å². The van der Waals surface area contributed by atoms with Gasteiger partial charge < -0.3 is 5.32 Å². The van der Waals surface area contributed by atoms with E-state index in [1.807, 2.05) is 18.5 Å². The van der Waals surface area contributed by atoms with E-state index in [0.29, 0.717) is 16.5 Å². The first kappa shape index (κ1) is 20.5. The summed E-state index contributed by atoms with van der Waals surface area (Å²) in [7, 11) is 0. The molecule has 5 rings (SSSR count). The van der Waals surface area contributed by atoms with Crippen LogP contribution in [0.2, 0.25) is 5.02 Å². The highest BCUT2D eigenvalue weighted by molar-refractivity contribution is 6.30. The Morgan fingerprint density at radius 2 is 1.90 bits per heavy atom. The molecule has 0 amide bonds. The van der Waals surface area contributed by atoms with Gasteiger partial charge in [0.2, 0.25) is 0 Å². The number of hydrogen-bond donors (Lipinski definition) is 1. The second kappa shape index (κ2) is 7.61. The van der Waals surface area contributed by atoms with E-state index in [0.717, 1.165) is 43.3 Å². The summed E-state index contributed by atoms with van der Waals surface area (Å²) in [5.41, 5.74) is 2.65. The van der Waals surface area contributed by atoms with Crippen molar-refractivity contribution in [3.63, 3.8) is 0 Å². The van der Waals surface area contributed by atoms with E-state index in [4.69, 9.17) is 16.6 Å². The van der Waals surface area contributed by atoms with Gasteiger partial charge in [0.05, 0.1) is 23.1 Å². The molecule has 31 heavy (non-hydrogen) atoms. The van der Waals surface area contributed by atoms with Crippen molar-refractivity contribution in [2.45, 2.75) is 51.1 Å². The number of imidazole rings is 1. The Morgan fingerprint density at radius 1 is 1.13 bits per heavy atom. The van der Waals surface area contributed by atoms with Crippen molar-refractivity contribution in [3.05, 3.63) is 70.6 Å². The maximum Gasteiger partial charge on any atom is 0.161 e. The zero-order valence-corrected chi connectivity index (χ0v) is 18.8. The number of hydrogen-bond acceptors (Lipinski definition) is 4. The fourth-order valence-electron chi connectivity index (χ4n) is 5.03. The standard InChI is InChI=1S/C24H27ClFN5/c1-15(2)22-28-14-21-24(29-20-5-4-10-27-23(20)31(21)22)8-11-30(12-9-24)16(3)18-13-17(25)6-7-19(18)26/h4-7,10,13-16,29H,8-9,11-12H2,1-3H3. The number of piperidine rings is 1. The fourth-order valence-corrected chi connectivity index (χ4v) is 5.21. The average molecular weight is 440 g/mol. The summed E-state index contributed by atoms with van der Waals surface area (Å²) in [5.74, 6) is 2.05. The molecule has 0 saturated carbocycles. The zero-order chi connectivity index (χ0) is 21.8. The van der Waals surface area contributed by atoms with Gasteiger partial charge in [-0.1, -0.05) is 25.4 Å². The minimum Gasteiger partial charge on any atom is -0.371 e. The van der Waals surface area contributed by atoms with Gasteiger partial charge >= 0.3 is 0 Å². The summed E-state index contributed by atoms with van der Waals surface area (Å²) in [6, 6.07) is 8.83. The molecular formula is C24H27ClFN5. The molecular weight excluding hydrogens is 413 g/mol. The SMILES string of the molecule is CC(C)c1ncc2n1-c1ncccc1NC21CCN(C(C)c2cc(Cl)ccc2F)CC1. The molecule has 1 N–H and O–H groups in total. The lowest BCUT2D eigenvalue weighted by Crippen LogP contribution is -2.50. The molecule has 1 spiro atoms. The molecule has 0 radical (unpaired) electrons. The van der Waals surface area contributed by atoms with Gasteiger partial charge in [0.25, 0.3) is 0 Å². The maximum absolute atomic E-state index is 14.4. The summed E-state index contributed by atoms with van der Waals surface area (Å²) in [6.45, 7) is 8.07. The van der Waals surface area contributed by atoms with E-state index in [-0.39, 0.29) is 17.4 Å². The second-order valence-electron chi connectivity index (χ2n) is 8.95. The van der Waals surface area contributed by atoms with E-state index in [1.165, 1.54) is 11.8 Å². The topological polar surface area (TPSA) is 46.0 Å². The van der Waals surface area contributed by atoms with Crippen molar-refractivity contribution in [3.8, 4) is 5.82 Å². The Hall–Kier alpha value is -2.44. The summed E-state index contributed by atoms with van der Waals surface area (Å²) >= 11 is 6.14. The van der Waals surface area contributed by atoms with Crippen LogP contribution >= 0.6 is 11.6 Å². The van der Waals surface area contributed by atoms with Crippen molar-refractivity contribution < 1.29 is 4.39 Å². The van der Waals surface area contributed by atoms with Gasteiger partial charge in [-0.3, -0.25) is 9.47 Å². The van der Waals surface area contributed by atoms with Gasteiger partial charge in [-0.15, -0.1) is 0 Å². The minimum absolute atomic E-state index is 0.0373. The highest BCUT2D eigenvalue weighted by Gasteiger charge is 2.44. The predicted octanol–water partition coefficient (Wildman–Crippen LogP) is 5.66. The van der Waals surface area contributed by atoms with Crippen LogP contribution in [-0.2, 0) is 5.54 Å². The minimum atomic E-state index is -0.209. The van der Waals surface area contributed by atoms with Crippen LogP contribution in [0.15, 0.2) is 42.7 Å². The second-order valence-corrected chi connectivity index (χ2v) is 9.39. The number of halogens is 2. The van der Waals surface area contributed by atoms with Crippen LogP contribution in [-0.4, -0.2) is 32.5 Å². The van der Waals surface area contributed by atoms with Crippen LogP contribution < -0.4 is 5.32 Å². The normalized spacial score (nSPS) is 18.5. The molecule has 2 aliphatic rings. The average Bonchev–Trinajstić information content (AvgIpc) is 3.23. The largest absolute Gasteiger partial charge is 0.371 e. The molecule has 2 aliphatic heterocycles. The van der Waals surface area contributed by atoms with Crippen LogP contribution in [0.5, 0.6) is 0 Å². The first-order valence-electron chi connectivity index (χ1n) is 10.9. The highest BCUT2D eigenvalue weighted by Crippen LogP contribution is 2.45. The molecule has 0 aliphatic carbocycles. The van der Waals surface area contributed by atoms with Gasteiger partial charge in [0, 0.05) is 41.8 Å². The fraction of sp³-hybridized carbons (Fsp3) is 0.417. The highest BCUT2D eigenvalue weighted by atomic mass is 35.5. The lowest BCUT2D eigenvalue weighted by Gasteiger charge is -2.47. The summed E-state index contributed by atoms with van der Waals surface area (Å²) < 4.78 is 16.7. The Labute approximate surface area is 187 Å². The zero-order valence-electron chi connectivity index (χ0n) is 18.1. The summed E-state index contributed by atoms with van der Waals surface area (Å²) in [4.78, 5) is 11.8. The molecule has 7 heteroatoms. The molecule has 0 bridgehead atoms. The van der Waals surface area contributed by atoms with E-state index in [1.54, 1.807) is 12.1 Å². The van der Waals surface area contributed by atoms with Gasteiger partial charge in [0.15, 0.2) is 5.82 Å². The Balaban J connectivity index is 1.46. The van der Waals surface area contributed by atoms with Gasteiger partial charge in [-0.05, 0) is 50.1 Å². The van der Waals surface area contributed by atoms with Crippen molar-refractivity contribution >= 4 is 17.3 Å². The van der Waals surface area contributed by atoms with E-state index >= 15 is 0 Å². The number of nitrogens with one attached hydrogen (secondary N) is 1. The molecule has 1 atom stereocenters. The molecule has 1 aromatic carbocycles. The number of pyridine rings is 1. The molecule has 1 saturated heterocycles. The van der Waals surface area contributed by atoms with Crippen LogP contribution in [0.3, 0.4) is 0 Å². The molecule has 2 aromatic heterocycles. The third-order valence-electron chi connectivity index (χ3n) is 6.78. The molecule has 4 heterocycles. The number of rotatable bonds is 3. The Morgan fingerprint density at radius 3 is 2.65 bits per heavy atom. The molecule has 162 valence electrons. The third-order valence-corrected chi connectivity index (χ3v) is 7.01. The Bertz CT molecular complexity index is 1120. The quantitative estimate of drug-likeness (QED) is 0.571. The monoisotopic (exact) mass is 439 g/mol. The van der Waals surface area contributed by atoms with E-state index in [2.05, 4.69) is 46.6 Å². The number of anilines is 1. The molecule has 1 fully saturated rings. The van der Waals surface area contributed by atoms with E-state index in [9.17, 15) is 4.39 Å². The molecule has 1 unspecified atom stereocenters. The predicted molar refractivity (Wildman–Crippen MR) is 121 cm³/mol. The van der Waals surface area contributed by atoms with Crippen LogP contribution in [0.4, 0.5) is 10.1 Å². The van der Waals surface area contributed by atoms with Crippen molar-refractivity contribution in [2.24, 2.45) is 0 Å². The van der Waals surface area contributed by atoms with Gasteiger partial charge in [-0.2, -0.15) is 0 Å². The van der Waals surface area contributed by atoms with Crippen molar-refractivity contribution in [1.29, 1.82) is 0 Å². The lowest BCUT2D eigenvalue weighted by atomic mass is 9.82. The first-order valence-corrected chi connectivity index (χ1v) is 11.3. The first-order chi connectivity index (χ1) is 14.9. The number of fused-ring (bicyclic) bond motifs is 4. The molecule has 3 aromatic rings. The smallest absolute Gasteiger partial charge is 0.161 e. The molecule has 5 nitrogen and oxygen atoms in total.